The van der Waals surface area contributed by atoms with Crippen LogP contribution < -0.4 is 0 Å². The maximum Gasteiger partial charge on any atom is 0.227 e. The van der Waals surface area contributed by atoms with Crippen molar-refractivity contribution in [3.63, 3.8) is 0 Å². The van der Waals surface area contributed by atoms with Gasteiger partial charge in [-0.05, 0) is 43.7 Å². The van der Waals surface area contributed by atoms with Crippen molar-refractivity contribution in [3.8, 4) is 0 Å². The van der Waals surface area contributed by atoms with E-state index in [9.17, 15) is 9.59 Å². The summed E-state index contributed by atoms with van der Waals surface area (Å²) in [7, 11) is 1.77. The van der Waals surface area contributed by atoms with Gasteiger partial charge in [-0.1, -0.05) is 0 Å². The van der Waals surface area contributed by atoms with Gasteiger partial charge in [-0.25, -0.2) is 0 Å². The molecule has 1 aliphatic carbocycles. The van der Waals surface area contributed by atoms with E-state index in [0.29, 0.717) is 26.1 Å². The van der Waals surface area contributed by atoms with Crippen LogP contribution in [0.15, 0.2) is 6.07 Å². The molecule has 0 spiro atoms. The SMILES string of the molecule is CN1CC(C(=O)N2CCC(c3nnc4cc5c(nn34)CCC5)CC2)CC1=O. The van der Waals surface area contributed by atoms with Gasteiger partial charge in [-0.15, -0.1) is 10.2 Å². The van der Waals surface area contributed by atoms with Gasteiger partial charge in [-0.2, -0.15) is 9.61 Å². The van der Waals surface area contributed by atoms with Crippen LogP contribution in [0.2, 0.25) is 0 Å². The van der Waals surface area contributed by atoms with E-state index in [1.807, 2.05) is 9.42 Å². The van der Waals surface area contributed by atoms with Crippen molar-refractivity contribution in [1.29, 1.82) is 0 Å². The fourth-order valence-corrected chi connectivity index (χ4v) is 4.69. The average molecular weight is 368 g/mol. The highest BCUT2D eigenvalue weighted by atomic mass is 16.2. The first-order valence-corrected chi connectivity index (χ1v) is 9.87. The van der Waals surface area contributed by atoms with Crippen molar-refractivity contribution >= 4 is 17.5 Å². The number of nitrogens with zero attached hydrogens (tertiary/aromatic N) is 6. The molecular weight excluding hydrogens is 344 g/mol. The highest BCUT2D eigenvalue weighted by molar-refractivity contribution is 5.89. The van der Waals surface area contributed by atoms with Crippen LogP contribution in [-0.4, -0.2) is 68.1 Å². The summed E-state index contributed by atoms with van der Waals surface area (Å²) in [5.74, 6) is 1.19. The Labute approximate surface area is 157 Å². The number of piperidine rings is 1. The van der Waals surface area contributed by atoms with Crippen LogP contribution in [0.25, 0.3) is 5.65 Å². The summed E-state index contributed by atoms with van der Waals surface area (Å²) in [6, 6.07) is 2.12. The Morgan fingerprint density at radius 2 is 2.00 bits per heavy atom. The second-order valence-electron chi connectivity index (χ2n) is 8.07. The summed E-state index contributed by atoms with van der Waals surface area (Å²) in [4.78, 5) is 28.0. The molecule has 4 heterocycles. The highest BCUT2D eigenvalue weighted by Gasteiger charge is 2.36. The number of rotatable bonds is 2. The third-order valence-electron chi connectivity index (χ3n) is 6.31. The number of aryl methyl sites for hydroxylation is 2. The van der Waals surface area contributed by atoms with Crippen LogP contribution in [0, 0.1) is 5.92 Å². The topological polar surface area (TPSA) is 83.7 Å². The van der Waals surface area contributed by atoms with E-state index < -0.39 is 0 Å². The zero-order valence-corrected chi connectivity index (χ0v) is 15.6. The zero-order chi connectivity index (χ0) is 18.5. The van der Waals surface area contributed by atoms with E-state index in [1.54, 1.807) is 11.9 Å². The van der Waals surface area contributed by atoms with Crippen molar-refractivity contribution in [3.05, 3.63) is 23.1 Å². The molecule has 2 aliphatic heterocycles. The Morgan fingerprint density at radius 3 is 2.74 bits per heavy atom. The minimum atomic E-state index is -0.183. The van der Waals surface area contributed by atoms with Crippen molar-refractivity contribution in [2.75, 3.05) is 26.7 Å². The Morgan fingerprint density at radius 1 is 1.19 bits per heavy atom. The quantitative estimate of drug-likeness (QED) is 0.783. The first-order chi connectivity index (χ1) is 13.1. The molecule has 27 heavy (non-hydrogen) atoms. The molecule has 2 amide bonds. The van der Waals surface area contributed by atoms with Gasteiger partial charge in [0, 0.05) is 39.0 Å². The Kier molecular flexibility index (Phi) is 3.87. The summed E-state index contributed by atoms with van der Waals surface area (Å²) in [5, 5.41) is 13.5. The summed E-state index contributed by atoms with van der Waals surface area (Å²) in [5.41, 5.74) is 3.31. The van der Waals surface area contributed by atoms with E-state index in [4.69, 9.17) is 5.10 Å². The van der Waals surface area contributed by atoms with Crippen molar-refractivity contribution in [1.82, 2.24) is 29.6 Å². The Bertz CT molecular complexity index is 914. The van der Waals surface area contributed by atoms with E-state index in [1.165, 1.54) is 11.3 Å². The molecule has 8 nitrogen and oxygen atoms in total. The van der Waals surface area contributed by atoms with Gasteiger partial charge in [0.05, 0.1) is 11.6 Å². The number of aromatic nitrogens is 4. The van der Waals surface area contributed by atoms with Gasteiger partial charge in [0.2, 0.25) is 11.8 Å². The highest BCUT2D eigenvalue weighted by Crippen LogP contribution is 2.30. The molecule has 142 valence electrons. The van der Waals surface area contributed by atoms with E-state index in [0.717, 1.165) is 43.6 Å². The summed E-state index contributed by atoms with van der Waals surface area (Å²) >= 11 is 0. The van der Waals surface area contributed by atoms with Crippen molar-refractivity contribution in [2.24, 2.45) is 5.92 Å². The second-order valence-corrected chi connectivity index (χ2v) is 8.07. The minimum absolute atomic E-state index is 0.0665. The van der Waals surface area contributed by atoms with Crippen LogP contribution in [0.5, 0.6) is 0 Å². The Hall–Kier alpha value is -2.51. The first-order valence-electron chi connectivity index (χ1n) is 9.87. The number of hydrogen-bond acceptors (Lipinski definition) is 5. The van der Waals surface area contributed by atoms with E-state index in [-0.39, 0.29) is 23.7 Å². The Balaban J connectivity index is 1.29. The van der Waals surface area contributed by atoms with Crippen LogP contribution in [0.1, 0.15) is 48.7 Å². The lowest BCUT2D eigenvalue weighted by molar-refractivity contribution is -0.136. The van der Waals surface area contributed by atoms with Crippen LogP contribution in [0.3, 0.4) is 0 Å². The van der Waals surface area contributed by atoms with E-state index in [2.05, 4.69) is 16.3 Å². The van der Waals surface area contributed by atoms with Crippen LogP contribution in [-0.2, 0) is 22.4 Å². The summed E-state index contributed by atoms with van der Waals surface area (Å²) in [6.07, 6.45) is 5.35. The molecule has 2 aromatic heterocycles. The number of hydrogen-bond donors (Lipinski definition) is 0. The van der Waals surface area contributed by atoms with Gasteiger partial charge < -0.3 is 9.80 Å². The van der Waals surface area contributed by atoms with Crippen molar-refractivity contribution < 1.29 is 9.59 Å². The minimum Gasteiger partial charge on any atom is -0.345 e. The lowest BCUT2D eigenvalue weighted by Crippen LogP contribution is -2.42. The summed E-state index contributed by atoms with van der Waals surface area (Å²) < 4.78 is 1.91. The molecule has 3 aliphatic rings. The van der Waals surface area contributed by atoms with Crippen molar-refractivity contribution in [2.45, 2.75) is 44.4 Å². The van der Waals surface area contributed by atoms with Gasteiger partial charge >= 0.3 is 0 Å². The molecule has 0 saturated carbocycles. The van der Waals surface area contributed by atoms with Gasteiger partial charge in [-0.3, -0.25) is 9.59 Å². The van der Waals surface area contributed by atoms with Gasteiger partial charge in [0.1, 0.15) is 0 Å². The van der Waals surface area contributed by atoms with Gasteiger partial charge in [0.15, 0.2) is 11.5 Å². The molecule has 0 bridgehead atoms. The third kappa shape index (κ3) is 2.78. The molecule has 1 atom stereocenters. The van der Waals surface area contributed by atoms with Gasteiger partial charge in [0.25, 0.3) is 0 Å². The predicted molar refractivity (Wildman–Crippen MR) is 97.1 cm³/mol. The van der Waals surface area contributed by atoms with Crippen LogP contribution in [0.4, 0.5) is 0 Å². The number of carbonyl (C=O) groups is 2. The fourth-order valence-electron chi connectivity index (χ4n) is 4.69. The number of likely N-dealkylation sites (tertiary alicyclic amines) is 2. The molecular formula is C19H24N6O2. The molecule has 1 unspecified atom stereocenters. The second kappa shape index (κ2) is 6.28. The maximum absolute atomic E-state index is 12.7. The largest absolute Gasteiger partial charge is 0.345 e. The van der Waals surface area contributed by atoms with Crippen LogP contribution >= 0.6 is 0 Å². The standard InChI is InChI=1S/C19H24N6O2/c1-23-11-14(10-17(23)26)19(27)24-7-5-12(6-8-24)18-21-20-16-9-13-3-2-4-15(13)22-25(16)18/h9,12,14H,2-8,10-11H2,1H3. The molecule has 2 saturated heterocycles. The number of fused-ring (bicyclic) bond motifs is 2. The predicted octanol–water partition coefficient (Wildman–Crippen LogP) is 0.797. The molecule has 2 fully saturated rings. The lowest BCUT2D eigenvalue weighted by atomic mass is 9.94. The molecule has 0 radical (unpaired) electrons. The summed E-state index contributed by atoms with van der Waals surface area (Å²) in [6.45, 7) is 1.96. The smallest absolute Gasteiger partial charge is 0.227 e. The lowest BCUT2D eigenvalue weighted by Gasteiger charge is -2.32. The maximum atomic E-state index is 12.7. The first kappa shape index (κ1) is 16.6. The normalized spacial score (nSPS) is 23.4. The molecule has 0 aromatic carbocycles. The average Bonchev–Trinajstić information content (AvgIpc) is 3.38. The molecule has 2 aromatic rings. The van der Waals surface area contributed by atoms with E-state index >= 15 is 0 Å². The molecule has 8 heteroatoms. The fraction of sp³-hybridized carbons (Fsp3) is 0.632. The third-order valence-corrected chi connectivity index (χ3v) is 6.31. The monoisotopic (exact) mass is 368 g/mol. The molecule has 5 rings (SSSR count). The zero-order valence-electron chi connectivity index (χ0n) is 15.6. The number of carbonyl (C=O) groups excluding carboxylic acids is 2. The number of amides is 2. The molecule has 0 N–H and O–H groups in total.